The standard InChI is InChI=1S/C67H41N/c1-4-16-50-41(13-1)36-61(58-22-10-7-19-55(50)58)44-25-29-53-47(33-44)34-48-35-49(28-30-54(48)53)68-66-31-26-45(62-37-42-14-2-5-17-51(42)56-20-8-11-23-59(56)62)39-64(66)65-40-46(27-32-67(65)68)63-38-43-15-3-6-18-52(43)57-21-9-12-24-60(57)63/h1-33,35-40H,34H2. The highest BCUT2D eigenvalue weighted by Crippen LogP contribution is 2.45. The molecule has 0 fully saturated rings. The van der Waals surface area contributed by atoms with E-state index < -0.39 is 0 Å². The lowest BCUT2D eigenvalue weighted by molar-refractivity contribution is 1.16. The highest BCUT2D eigenvalue weighted by molar-refractivity contribution is 6.19. The Morgan fingerprint density at radius 1 is 0.235 bits per heavy atom. The summed E-state index contributed by atoms with van der Waals surface area (Å²) in [4.78, 5) is 0. The van der Waals surface area contributed by atoms with Gasteiger partial charge in [0.15, 0.2) is 0 Å². The summed E-state index contributed by atoms with van der Waals surface area (Å²) in [6, 6.07) is 88.7. The summed E-state index contributed by atoms with van der Waals surface area (Å²) in [7, 11) is 0. The predicted octanol–water partition coefficient (Wildman–Crippen LogP) is 18.3. The summed E-state index contributed by atoms with van der Waals surface area (Å²) in [5.74, 6) is 0. The summed E-state index contributed by atoms with van der Waals surface area (Å²) < 4.78 is 2.51. The van der Waals surface area contributed by atoms with Gasteiger partial charge in [-0.3, -0.25) is 0 Å². The van der Waals surface area contributed by atoms with Crippen molar-refractivity contribution >= 4 is 86.4 Å². The predicted molar refractivity (Wildman–Crippen MR) is 290 cm³/mol. The van der Waals surface area contributed by atoms with Gasteiger partial charge in [0, 0.05) is 16.5 Å². The second-order valence-electron chi connectivity index (χ2n) is 18.8. The van der Waals surface area contributed by atoms with Gasteiger partial charge >= 0.3 is 0 Å². The second kappa shape index (κ2) is 14.4. The van der Waals surface area contributed by atoms with Crippen LogP contribution in [0.15, 0.2) is 237 Å². The topological polar surface area (TPSA) is 4.93 Å². The Morgan fingerprint density at radius 3 is 1.04 bits per heavy atom. The molecule has 314 valence electrons. The fraction of sp³-hybridized carbons (Fsp3) is 0.0149. The summed E-state index contributed by atoms with van der Waals surface area (Å²) in [5.41, 5.74) is 16.5. The van der Waals surface area contributed by atoms with Crippen molar-refractivity contribution in [1.29, 1.82) is 0 Å². The smallest absolute Gasteiger partial charge is 0.0541 e. The van der Waals surface area contributed by atoms with E-state index in [2.05, 4.69) is 241 Å². The average Bonchev–Trinajstić information content (AvgIpc) is 3.94. The van der Waals surface area contributed by atoms with Crippen molar-refractivity contribution in [3.05, 3.63) is 248 Å². The molecule has 1 heterocycles. The molecule has 1 heteroatoms. The minimum Gasteiger partial charge on any atom is -0.309 e. The van der Waals surface area contributed by atoms with Crippen LogP contribution in [0.25, 0.3) is 137 Å². The molecule has 0 atom stereocenters. The zero-order valence-electron chi connectivity index (χ0n) is 37.2. The Labute approximate surface area is 393 Å². The van der Waals surface area contributed by atoms with Gasteiger partial charge in [-0.25, -0.2) is 0 Å². The van der Waals surface area contributed by atoms with Crippen molar-refractivity contribution in [1.82, 2.24) is 4.57 Å². The molecule has 0 saturated heterocycles. The van der Waals surface area contributed by atoms with E-state index in [1.54, 1.807) is 0 Å². The first-order chi connectivity index (χ1) is 33.7. The molecule has 0 N–H and O–H groups in total. The molecule has 0 bridgehead atoms. The van der Waals surface area contributed by atoms with Crippen LogP contribution in [0.4, 0.5) is 0 Å². The van der Waals surface area contributed by atoms with Crippen LogP contribution in [0, 0.1) is 0 Å². The number of benzene rings is 13. The summed E-state index contributed by atoms with van der Waals surface area (Å²) in [5, 5.41) is 17.9. The molecule has 1 aliphatic rings. The number of aromatic nitrogens is 1. The maximum absolute atomic E-state index is 2.51. The van der Waals surface area contributed by atoms with Crippen LogP contribution in [0.3, 0.4) is 0 Å². The molecular formula is C67H41N. The summed E-state index contributed by atoms with van der Waals surface area (Å²) >= 11 is 0. The lowest BCUT2D eigenvalue weighted by Gasteiger charge is -2.13. The molecule has 13 aromatic carbocycles. The van der Waals surface area contributed by atoms with Crippen LogP contribution in [0.2, 0.25) is 0 Å². The molecule has 0 amide bonds. The molecule has 1 aromatic heterocycles. The second-order valence-corrected chi connectivity index (χ2v) is 18.8. The van der Waals surface area contributed by atoms with Gasteiger partial charge in [-0.2, -0.15) is 0 Å². The minimum atomic E-state index is 0.896. The third-order valence-electron chi connectivity index (χ3n) is 15.1. The maximum atomic E-state index is 2.51. The van der Waals surface area contributed by atoms with Crippen molar-refractivity contribution in [2.75, 3.05) is 0 Å². The molecule has 1 nitrogen and oxygen atoms in total. The lowest BCUT2D eigenvalue weighted by atomic mass is 9.92. The van der Waals surface area contributed by atoms with E-state index >= 15 is 0 Å². The Balaban J connectivity index is 0.911. The molecule has 0 unspecified atom stereocenters. The van der Waals surface area contributed by atoms with Gasteiger partial charge in [-0.05, 0) is 181 Å². The average molecular weight is 860 g/mol. The molecule has 15 rings (SSSR count). The van der Waals surface area contributed by atoms with Crippen molar-refractivity contribution in [2.45, 2.75) is 6.42 Å². The Morgan fingerprint density at radius 2 is 0.588 bits per heavy atom. The largest absolute Gasteiger partial charge is 0.309 e. The SMILES string of the molecule is c1ccc2c(c1)cc(-c1ccc3c(c1)Cc1cc(-n4c5ccc(-c6cc7ccccc7c7ccccc67)cc5c5cc(-c6cc7ccccc7c7ccccc67)ccc54)ccc1-3)c1ccccc12. The third kappa shape index (κ3) is 5.51. The van der Waals surface area contributed by atoms with E-state index in [1.165, 1.54) is 148 Å². The molecule has 68 heavy (non-hydrogen) atoms. The Bertz CT molecular complexity index is 4290. The monoisotopic (exact) mass is 859 g/mol. The van der Waals surface area contributed by atoms with Crippen LogP contribution >= 0.6 is 0 Å². The van der Waals surface area contributed by atoms with E-state index in [-0.39, 0.29) is 0 Å². The molecule has 14 aromatic rings. The van der Waals surface area contributed by atoms with Crippen molar-refractivity contribution in [3.63, 3.8) is 0 Å². The minimum absolute atomic E-state index is 0.896. The molecule has 1 aliphatic carbocycles. The van der Waals surface area contributed by atoms with E-state index in [9.17, 15) is 0 Å². The maximum Gasteiger partial charge on any atom is 0.0541 e. The number of hydrogen-bond donors (Lipinski definition) is 0. The number of hydrogen-bond acceptors (Lipinski definition) is 0. The van der Waals surface area contributed by atoms with E-state index in [0.717, 1.165) is 6.42 Å². The number of rotatable bonds is 4. The fourth-order valence-electron chi connectivity index (χ4n) is 12.0. The van der Waals surface area contributed by atoms with Crippen LogP contribution in [0.5, 0.6) is 0 Å². The van der Waals surface area contributed by atoms with Crippen LogP contribution in [-0.4, -0.2) is 4.57 Å². The van der Waals surface area contributed by atoms with Crippen molar-refractivity contribution in [2.24, 2.45) is 0 Å². The first-order valence-corrected chi connectivity index (χ1v) is 23.8. The van der Waals surface area contributed by atoms with Crippen molar-refractivity contribution in [3.8, 4) is 50.2 Å². The number of nitrogens with zero attached hydrogens (tertiary/aromatic N) is 1. The fourth-order valence-corrected chi connectivity index (χ4v) is 12.0. The van der Waals surface area contributed by atoms with Gasteiger partial charge in [0.25, 0.3) is 0 Å². The lowest BCUT2D eigenvalue weighted by Crippen LogP contribution is -1.95. The summed E-state index contributed by atoms with van der Waals surface area (Å²) in [6.07, 6.45) is 0.896. The van der Waals surface area contributed by atoms with Crippen LogP contribution in [-0.2, 0) is 6.42 Å². The van der Waals surface area contributed by atoms with Gasteiger partial charge in [-0.1, -0.05) is 182 Å². The summed E-state index contributed by atoms with van der Waals surface area (Å²) in [6.45, 7) is 0. The van der Waals surface area contributed by atoms with Gasteiger partial charge in [0.05, 0.1) is 11.0 Å². The quantitative estimate of drug-likeness (QED) is 0.155. The van der Waals surface area contributed by atoms with E-state index in [0.29, 0.717) is 0 Å². The van der Waals surface area contributed by atoms with E-state index in [1.807, 2.05) is 0 Å². The van der Waals surface area contributed by atoms with Gasteiger partial charge in [0.1, 0.15) is 0 Å². The first-order valence-electron chi connectivity index (χ1n) is 23.8. The van der Waals surface area contributed by atoms with E-state index in [4.69, 9.17) is 0 Å². The highest BCUT2D eigenvalue weighted by atomic mass is 15.0. The number of fused-ring (bicyclic) bond motifs is 15. The first kappa shape index (κ1) is 37.4. The van der Waals surface area contributed by atoms with Gasteiger partial charge < -0.3 is 4.57 Å². The molecule has 0 aliphatic heterocycles. The van der Waals surface area contributed by atoms with Gasteiger partial charge in [-0.15, -0.1) is 0 Å². The molecule has 0 spiro atoms. The third-order valence-corrected chi connectivity index (χ3v) is 15.1. The zero-order valence-corrected chi connectivity index (χ0v) is 37.2. The zero-order chi connectivity index (χ0) is 44.5. The van der Waals surface area contributed by atoms with Crippen LogP contribution in [0.1, 0.15) is 11.1 Å². The normalized spacial score (nSPS) is 12.4. The Hall–Kier alpha value is -8.78. The Kier molecular flexibility index (Phi) is 7.91. The highest BCUT2D eigenvalue weighted by Gasteiger charge is 2.23. The molecule has 0 saturated carbocycles. The molecular weight excluding hydrogens is 819 g/mol. The van der Waals surface area contributed by atoms with Crippen LogP contribution < -0.4 is 0 Å². The van der Waals surface area contributed by atoms with Gasteiger partial charge in [0.2, 0.25) is 0 Å². The van der Waals surface area contributed by atoms with Crippen molar-refractivity contribution < 1.29 is 0 Å². The molecule has 0 radical (unpaired) electrons.